The van der Waals surface area contributed by atoms with E-state index in [0.717, 1.165) is 47.9 Å². The maximum absolute atomic E-state index is 6.70. The lowest BCUT2D eigenvalue weighted by molar-refractivity contribution is 0.486. The monoisotopic (exact) mass is 431 g/mol. The first-order valence-electron chi connectivity index (χ1n) is 11.3. The molecule has 4 N–H and O–H groups in total. The van der Waals surface area contributed by atoms with Gasteiger partial charge in [-0.25, -0.2) is 0 Å². The lowest BCUT2D eigenvalue weighted by atomic mass is 9.92. The Morgan fingerprint density at radius 3 is 2.57 bits per heavy atom. The normalized spacial score (nSPS) is 14.8. The Kier molecular flexibility index (Phi) is 12.8. The van der Waals surface area contributed by atoms with Gasteiger partial charge in [0, 0.05) is 17.3 Å². The third-order valence-corrected chi connectivity index (χ3v) is 5.81. The van der Waals surface area contributed by atoms with E-state index in [-0.39, 0.29) is 12.1 Å². The van der Waals surface area contributed by atoms with E-state index in [9.17, 15) is 0 Å². The summed E-state index contributed by atoms with van der Waals surface area (Å²) in [6.45, 7) is 17.3. The van der Waals surface area contributed by atoms with E-state index in [1.165, 1.54) is 30.4 Å². The second kappa shape index (κ2) is 14.5. The topological polar surface area (TPSA) is 50.1 Å². The van der Waals surface area contributed by atoms with Crippen LogP contribution in [-0.4, -0.2) is 12.6 Å². The highest BCUT2D eigenvalue weighted by Gasteiger charge is 2.20. The van der Waals surface area contributed by atoms with E-state index in [2.05, 4.69) is 62.8 Å². The van der Waals surface area contributed by atoms with Crippen LogP contribution in [0.3, 0.4) is 0 Å². The number of halogens is 1. The molecule has 0 aromatic heterocycles. The van der Waals surface area contributed by atoms with Crippen LogP contribution in [0.4, 0.5) is 0 Å². The Labute approximate surface area is 189 Å². The maximum Gasteiger partial charge on any atom is 0.0568 e. The smallest absolute Gasteiger partial charge is 0.0568 e. The Bertz CT molecular complexity index is 694. The van der Waals surface area contributed by atoms with Crippen molar-refractivity contribution in [3.05, 3.63) is 71.1 Å². The van der Waals surface area contributed by atoms with E-state index in [4.69, 9.17) is 17.3 Å². The van der Waals surface area contributed by atoms with Crippen LogP contribution in [0.1, 0.15) is 77.0 Å². The number of hydrogen-bond acceptors (Lipinski definition) is 3. The number of benzene rings is 1. The number of allylic oxidation sites excluding steroid dienone is 1. The number of nitrogens with two attached hydrogens (primary N) is 1. The van der Waals surface area contributed by atoms with Gasteiger partial charge in [0.05, 0.1) is 6.04 Å². The van der Waals surface area contributed by atoms with Gasteiger partial charge < -0.3 is 16.4 Å². The van der Waals surface area contributed by atoms with Crippen molar-refractivity contribution in [2.45, 2.75) is 78.3 Å². The Hall–Kier alpha value is -1.55. The van der Waals surface area contributed by atoms with Crippen LogP contribution >= 0.6 is 11.6 Å². The SMILES string of the molecule is C=CN/C=C(/C(C)N)C(NCCCC(=C)C)c1ccc(CCC(C)CCC)c(Cl)c1. The largest absolute Gasteiger partial charge is 0.368 e. The molecule has 4 heteroatoms. The predicted octanol–water partition coefficient (Wildman–Crippen LogP) is 6.66. The van der Waals surface area contributed by atoms with Crippen molar-refractivity contribution >= 4 is 11.6 Å². The van der Waals surface area contributed by atoms with Gasteiger partial charge in [-0.05, 0) is 81.0 Å². The quantitative estimate of drug-likeness (QED) is 0.215. The van der Waals surface area contributed by atoms with E-state index in [0.29, 0.717) is 0 Å². The fraction of sp³-hybridized carbons (Fsp3) is 0.538. The summed E-state index contributed by atoms with van der Waals surface area (Å²) in [5.41, 5.74) is 11.0. The van der Waals surface area contributed by atoms with Gasteiger partial charge in [0.1, 0.15) is 0 Å². The molecule has 0 amide bonds. The molecule has 0 spiro atoms. The molecule has 0 heterocycles. The van der Waals surface area contributed by atoms with Crippen LogP contribution in [0.5, 0.6) is 0 Å². The lowest BCUT2D eigenvalue weighted by Gasteiger charge is -2.26. The molecule has 1 aromatic carbocycles. The lowest BCUT2D eigenvalue weighted by Crippen LogP contribution is -2.32. The number of hydrogen-bond donors (Lipinski definition) is 3. The molecule has 3 unspecified atom stereocenters. The first-order valence-corrected chi connectivity index (χ1v) is 11.7. The second-order valence-electron chi connectivity index (χ2n) is 8.53. The number of aryl methyl sites for hydroxylation is 1. The summed E-state index contributed by atoms with van der Waals surface area (Å²) in [6.07, 6.45) is 10.3. The molecule has 1 rings (SSSR count). The van der Waals surface area contributed by atoms with E-state index in [1.807, 2.05) is 13.1 Å². The minimum Gasteiger partial charge on any atom is -0.368 e. The van der Waals surface area contributed by atoms with E-state index in [1.54, 1.807) is 6.20 Å². The fourth-order valence-electron chi connectivity index (χ4n) is 3.68. The van der Waals surface area contributed by atoms with E-state index >= 15 is 0 Å². The summed E-state index contributed by atoms with van der Waals surface area (Å²) < 4.78 is 0. The second-order valence-corrected chi connectivity index (χ2v) is 8.94. The zero-order valence-corrected chi connectivity index (χ0v) is 20.2. The molecule has 0 saturated heterocycles. The van der Waals surface area contributed by atoms with E-state index < -0.39 is 0 Å². The Morgan fingerprint density at radius 2 is 2.00 bits per heavy atom. The summed E-state index contributed by atoms with van der Waals surface area (Å²) in [4.78, 5) is 0. The molecular formula is C26H42ClN3. The molecule has 3 nitrogen and oxygen atoms in total. The molecule has 30 heavy (non-hydrogen) atoms. The van der Waals surface area contributed by atoms with Gasteiger partial charge in [0.15, 0.2) is 0 Å². The van der Waals surface area contributed by atoms with Gasteiger partial charge in [-0.15, -0.1) is 6.58 Å². The highest BCUT2D eigenvalue weighted by atomic mass is 35.5. The molecule has 0 saturated carbocycles. The first-order chi connectivity index (χ1) is 14.3. The van der Waals surface area contributed by atoms with Crippen LogP contribution in [0.15, 0.2) is 54.9 Å². The van der Waals surface area contributed by atoms with Crippen molar-refractivity contribution in [1.29, 1.82) is 0 Å². The summed E-state index contributed by atoms with van der Waals surface area (Å²) in [7, 11) is 0. The molecule has 0 aliphatic heterocycles. The van der Waals surface area contributed by atoms with Gasteiger partial charge >= 0.3 is 0 Å². The Balaban J connectivity index is 3.05. The summed E-state index contributed by atoms with van der Waals surface area (Å²) in [6, 6.07) is 6.35. The zero-order chi connectivity index (χ0) is 22.5. The molecule has 168 valence electrons. The average molecular weight is 432 g/mol. The van der Waals surface area contributed by atoms with Gasteiger partial charge in [-0.1, -0.05) is 62.6 Å². The molecular weight excluding hydrogens is 390 g/mol. The van der Waals surface area contributed by atoms with Crippen molar-refractivity contribution in [2.75, 3.05) is 6.54 Å². The molecule has 0 radical (unpaired) electrons. The third-order valence-electron chi connectivity index (χ3n) is 5.45. The van der Waals surface area contributed by atoms with Gasteiger partial charge in [0.2, 0.25) is 0 Å². The number of nitrogens with one attached hydrogen (secondary N) is 2. The molecule has 0 fully saturated rings. The third kappa shape index (κ3) is 9.51. The van der Waals surface area contributed by atoms with Crippen molar-refractivity contribution in [1.82, 2.24) is 10.6 Å². The van der Waals surface area contributed by atoms with Crippen LogP contribution in [0.2, 0.25) is 5.02 Å². The average Bonchev–Trinajstić information content (AvgIpc) is 2.68. The summed E-state index contributed by atoms with van der Waals surface area (Å²) >= 11 is 6.70. The molecule has 0 aliphatic rings. The minimum atomic E-state index is -0.107. The van der Waals surface area contributed by atoms with Crippen molar-refractivity contribution in [3.8, 4) is 0 Å². The van der Waals surface area contributed by atoms with Crippen molar-refractivity contribution in [3.63, 3.8) is 0 Å². The van der Waals surface area contributed by atoms with Gasteiger partial charge in [-0.2, -0.15) is 0 Å². The highest BCUT2D eigenvalue weighted by Crippen LogP contribution is 2.29. The van der Waals surface area contributed by atoms with Crippen LogP contribution in [-0.2, 0) is 6.42 Å². The first kappa shape index (κ1) is 26.5. The minimum absolute atomic E-state index is 0.00636. The summed E-state index contributed by atoms with van der Waals surface area (Å²) in [5, 5.41) is 7.61. The molecule has 0 bridgehead atoms. The predicted molar refractivity (Wildman–Crippen MR) is 134 cm³/mol. The standard InChI is InChI=1S/C26H42ClN3/c1-7-10-20(5)12-13-22-14-15-23(17-25(22)27)26(30-16-9-11-19(3)4)24(21(6)28)18-29-8-2/h8,14-15,17-18,20-21,26,29-30H,2-3,7,9-13,16,28H2,1,4-6H3/b24-18-. The molecule has 3 atom stereocenters. The summed E-state index contributed by atoms with van der Waals surface area (Å²) in [5.74, 6) is 0.728. The van der Waals surface area contributed by atoms with Gasteiger partial charge in [0.25, 0.3) is 0 Å². The highest BCUT2D eigenvalue weighted by molar-refractivity contribution is 6.31. The van der Waals surface area contributed by atoms with Crippen LogP contribution in [0, 0.1) is 5.92 Å². The van der Waals surface area contributed by atoms with Crippen molar-refractivity contribution < 1.29 is 0 Å². The fourth-order valence-corrected chi connectivity index (χ4v) is 3.97. The maximum atomic E-state index is 6.70. The zero-order valence-electron chi connectivity index (χ0n) is 19.4. The Morgan fingerprint density at radius 1 is 1.27 bits per heavy atom. The number of rotatable bonds is 15. The van der Waals surface area contributed by atoms with Crippen molar-refractivity contribution in [2.24, 2.45) is 11.7 Å². The molecule has 0 aliphatic carbocycles. The van der Waals surface area contributed by atoms with Gasteiger partial charge in [-0.3, -0.25) is 0 Å². The van der Waals surface area contributed by atoms with Crippen LogP contribution in [0.25, 0.3) is 0 Å². The molecule has 1 aromatic rings. The van der Waals surface area contributed by atoms with Crippen LogP contribution < -0.4 is 16.4 Å².